The minimum absolute atomic E-state index is 0.0584. The first-order chi connectivity index (χ1) is 14.1. The van der Waals surface area contributed by atoms with Gasteiger partial charge in [0.25, 0.3) is 5.91 Å². The van der Waals surface area contributed by atoms with E-state index in [9.17, 15) is 14.7 Å². The van der Waals surface area contributed by atoms with E-state index >= 15 is 0 Å². The Kier molecular flexibility index (Phi) is 6.99. The molecule has 3 aromatic rings. The standard InChI is InChI=1S/C20H18N2O5S2/c1-2-26-20(25)18-14(16-8-5-9-28-16)12-29-19(18)22-17(24)11-27-21-10-13-6-3-4-7-15(13)23/h3-10,12,23H,2,11H2,1H3,(H,22,24). The van der Waals surface area contributed by atoms with E-state index in [1.807, 2.05) is 22.9 Å². The number of ether oxygens (including phenoxy) is 1. The highest BCUT2D eigenvalue weighted by molar-refractivity contribution is 7.17. The van der Waals surface area contributed by atoms with Crippen molar-refractivity contribution in [2.45, 2.75) is 6.92 Å². The molecule has 0 fully saturated rings. The van der Waals surface area contributed by atoms with E-state index < -0.39 is 11.9 Å². The molecule has 2 N–H and O–H groups in total. The first-order valence-corrected chi connectivity index (χ1v) is 10.4. The van der Waals surface area contributed by atoms with Gasteiger partial charge in [0.15, 0.2) is 6.61 Å². The fourth-order valence-electron chi connectivity index (χ4n) is 2.42. The number of phenolic OH excluding ortho intramolecular Hbond substituents is 1. The molecule has 0 bridgehead atoms. The van der Waals surface area contributed by atoms with Gasteiger partial charge in [-0.05, 0) is 30.5 Å². The molecule has 0 atom stereocenters. The first-order valence-electron chi connectivity index (χ1n) is 8.65. The predicted molar refractivity (Wildman–Crippen MR) is 114 cm³/mol. The molecule has 0 saturated heterocycles. The van der Waals surface area contributed by atoms with Gasteiger partial charge in [-0.3, -0.25) is 4.79 Å². The van der Waals surface area contributed by atoms with E-state index in [-0.39, 0.29) is 19.0 Å². The number of hydrogen-bond acceptors (Lipinski definition) is 8. The van der Waals surface area contributed by atoms with Crippen LogP contribution in [0.5, 0.6) is 5.75 Å². The van der Waals surface area contributed by atoms with Crippen LogP contribution < -0.4 is 5.32 Å². The molecule has 0 radical (unpaired) electrons. The maximum absolute atomic E-state index is 12.4. The topological polar surface area (TPSA) is 97.2 Å². The third-order valence-corrected chi connectivity index (χ3v) is 5.51. The van der Waals surface area contributed by atoms with Crippen LogP contribution in [0.4, 0.5) is 5.00 Å². The Balaban J connectivity index is 1.67. The second kappa shape index (κ2) is 9.85. The van der Waals surface area contributed by atoms with Crippen LogP contribution in [0.25, 0.3) is 10.4 Å². The molecule has 1 aromatic carbocycles. The van der Waals surface area contributed by atoms with Crippen LogP contribution in [0.15, 0.2) is 52.3 Å². The van der Waals surface area contributed by atoms with Gasteiger partial charge in [-0.15, -0.1) is 22.7 Å². The van der Waals surface area contributed by atoms with Crippen molar-refractivity contribution in [3.63, 3.8) is 0 Å². The zero-order chi connectivity index (χ0) is 20.6. The normalized spacial score (nSPS) is 10.8. The number of nitrogens with one attached hydrogen (secondary N) is 1. The third-order valence-electron chi connectivity index (χ3n) is 3.71. The summed E-state index contributed by atoms with van der Waals surface area (Å²) < 4.78 is 5.15. The first kappa shape index (κ1) is 20.6. The lowest BCUT2D eigenvalue weighted by Crippen LogP contribution is -2.18. The number of aromatic hydroxyl groups is 1. The van der Waals surface area contributed by atoms with Crippen molar-refractivity contribution in [1.82, 2.24) is 0 Å². The van der Waals surface area contributed by atoms with Gasteiger partial charge in [-0.2, -0.15) is 0 Å². The van der Waals surface area contributed by atoms with Gasteiger partial charge in [0, 0.05) is 21.4 Å². The van der Waals surface area contributed by atoms with Crippen LogP contribution >= 0.6 is 22.7 Å². The van der Waals surface area contributed by atoms with Crippen molar-refractivity contribution in [3.8, 4) is 16.2 Å². The Morgan fingerprint density at radius 3 is 2.76 bits per heavy atom. The van der Waals surface area contributed by atoms with E-state index in [4.69, 9.17) is 9.57 Å². The smallest absolute Gasteiger partial charge is 0.341 e. The summed E-state index contributed by atoms with van der Waals surface area (Å²) in [4.78, 5) is 30.6. The fraction of sp³-hybridized carbons (Fsp3) is 0.150. The highest BCUT2D eigenvalue weighted by Crippen LogP contribution is 2.38. The zero-order valence-electron chi connectivity index (χ0n) is 15.5. The monoisotopic (exact) mass is 430 g/mol. The predicted octanol–water partition coefficient (Wildman–Crippen LogP) is 4.35. The summed E-state index contributed by atoms with van der Waals surface area (Å²) in [6.45, 7) is 1.61. The summed E-state index contributed by atoms with van der Waals surface area (Å²) in [5, 5.41) is 20.1. The lowest BCUT2D eigenvalue weighted by molar-refractivity contribution is -0.120. The third kappa shape index (κ3) is 5.21. The summed E-state index contributed by atoms with van der Waals surface area (Å²) >= 11 is 2.74. The molecular formula is C20H18N2O5S2. The Morgan fingerprint density at radius 2 is 2.03 bits per heavy atom. The number of amides is 1. The van der Waals surface area contributed by atoms with Gasteiger partial charge < -0.3 is 20.0 Å². The van der Waals surface area contributed by atoms with Crippen LogP contribution in [0.2, 0.25) is 0 Å². The molecule has 0 saturated carbocycles. The van der Waals surface area contributed by atoms with Crippen LogP contribution in [0.1, 0.15) is 22.8 Å². The molecule has 3 rings (SSSR count). The van der Waals surface area contributed by atoms with E-state index in [0.717, 1.165) is 10.4 Å². The van der Waals surface area contributed by atoms with E-state index in [1.54, 1.807) is 25.1 Å². The van der Waals surface area contributed by atoms with Crippen LogP contribution in [-0.2, 0) is 14.4 Å². The lowest BCUT2D eigenvalue weighted by Gasteiger charge is -2.07. The van der Waals surface area contributed by atoms with Gasteiger partial charge in [0.1, 0.15) is 16.3 Å². The summed E-state index contributed by atoms with van der Waals surface area (Å²) in [5.74, 6) is -0.904. The SMILES string of the molecule is CCOC(=O)c1c(-c2cccs2)csc1NC(=O)CON=Cc1ccccc1O. The van der Waals surface area contributed by atoms with Crippen molar-refractivity contribution in [3.05, 3.63) is 58.3 Å². The number of para-hydroxylation sites is 1. The molecule has 0 aliphatic carbocycles. The molecule has 2 heterocycles. The lowest BCUT2D eigenvalue weighted by atomic mass is 10.1. The number of oxime groups is 1. The average molecular weight is 431 g/mol. The highest BCUT2D eigenvalue weighted by Gasteiger charge is 2.23. The molecule has 1 amide bonds. The molecule has 29 heavy (non-hydrogen) atoms. The van der Waals surface area contributed by atoms with Crippen molar-refractivity contribution < 1.29 is 24.3 Å². The largest absolute Gasteiger partial charge is 0.507 e. The van der Waals surface area contributed by atoms with Crippen LogP contribution in [0, 0.1) is 0 Å². The summed E-state index contributed by atoms with van der Waals surface area (Å²) in [6, 6.07) is 10.4. The number of phenols is 1. The molecule has 0 spiro atoms. The molecule has 0 aliphatic rings. The molecule has 9 heteroatoms. The number of rotatable bonds is 8. The highest BCUT2D eigenvalue weighted by atomic mass is 32.1. The fourth-order valence-corrected chi connectivity index (χ4v) is 4.21. The number of carbonyl (C=O) groups is 2. The van der Waals surface area contributed by atoms with Crippen molar-refractivity contribution in [2.24, 2.45) is 5.16 Å². The minimum atomic E-state index is -0.494. The van der Waals surface area contributed by atoms with Gasteiger partial charge in [-0.1, -0.05) is 23.4 Å². The number of hydrogen-bond donors (Lipinski definition) is 2. The van der Waals surface area contributed by atoms with E-state index in [2.05, 4.69) is 10.5 Å². The zero-order valence-corrected chi connectivity index (χ0v) is 17.1. The van der Waals surface area contributed by atoms with E-state index in [0.29, 0.717) is 16.1 Å². The van der Waals surface area contributed by atoms with Crippen molar-refractivity contribution in [2.75, 3.05) is 18.5 Å². The molecule has 2 aromatic heterocycles. The van der Waals surface area contributed by atoms with Crippen LogP contribution in [-0.4, -0.2) is 36.4 Å². The number of carbonyl (C=O) groups excluding carboxylic acids is 2. The molecule has 150 valence electrons. The van der Waals surface area contributed by atoms with Gasteiger partial charge in [0.2, 0.25) is 0 Å². The average Bonchev–Trinajstić information content (AvgIpc) is 3.36. The second-order valence-corrected chi connectivity index (χ2v) is 7.49. The van der Waals surface area contributed by atoms with Crippen molar-refractivity contribution in [1.29, 1.82) is 0 Å². The van der Waals surface area contributed by atoms with Gasteiger partial charge in [0.05, 0.1) is 12.8 Å². The maximum Gasteiger partial charge on any atom is 0.341 e. The maximum atomic E-state index is 12.4. The Morgan fingerprint density at radius 1 is 1.21 bits per heavy atom. The molecule has 0 aliphatic heterocycles. The Labute approximate surface area is 175 Å². The molecule has 0 unspecified atom stereocenters. The van der Waals surface area contributed by atoms with E-state index in [1.165, 1.54) is 35.0 Å². The number of anilines is 1. The van der Waals surface area contributed by atoms with Gasteiger partial charge in [-0.25, -0.2) is 4.79 Å². The summed E-state index contributed by atoms with van der Waals surface area (Å²) in [5.41, 5.74) is 1.51. The Bertz CT molecular complexity index is 1010. The summed E-state index contributed by atoms with van der Waals surface area (Å²) in [7, 11) is 0. The Hall–Kier alpha value is -3.17. The second-order valence-electron chi connectivity index (χ2n) is 5.67. The van der Waals surface area contributed by atoms with Gasteiger partial charge >= 0.3 is 5.97 Å². The quantitative estimate of drug-likeness (QED) is 0.315. The number of thiophene rings is 2. The number of nitrogens with zero attached hydrogens (tertiary/aromatic N) is 1. The summed E-state index contributed by atoms with van der Waals surface area (Å²) in [6.07, 6.45) is 1.31. The number of benzene rings is 1. The van der Waals surface area contributed by atoms with Crippen molar-refractivity contribution >= 4 is 45.8 Å². The van der Waals surface area contributed by atoms with Crippen LogP contribution in [0.3, 0.4) is 0 Å². The molecule has 7 nitrogen and oxygen atoms in total. The molecular weight excluding hydrogens is 412 g/mol. The number of esters is 1. The minimum Gasteiger partial charge on any atom is -0.507 e.